The van der Waals surface area contributed by atoms with Crippen LogP contribution >= 0.6 is 0 Å². The van der Waals surface area contributed by atoms with Crippen molar-refractivity contribution in [2.45, 2.75) is 97.0 Å². The summed E-state index contributed by atoms with van der Waals surface area (Å²) in [6.45, 7) is 4.79. The Hall–Kier alpha value is -1.84. The molecule has 4 heteroatoms. The lowest BCUT2D eigenvalue weighted by molar-refractivity contribution is 0.00481. The van der Waals surface area contributed by atoms with E-state index < -0.39 is 0 Å². The molecule has 0 N–H and O–H groups in total. The molecule has 162 valence electrons. The highest BCUT2D eigenvalue weighted by molar-refractivity contribution is 5.95. The van der Waals surface area contributed by atoms with Crippen molar-refractivity contribution in [2.75, 3.05) is 6.61 Å². The summed E-state index contributed by atoms with van der Waals surface area (Å²) >= 11 is 0. The second-order valence-electron chi connectivity index (χ2n) is 8.40. The van der Waals surface area contributed by atoms with Crippen LogP contribution in [0, 0.1) is 5.92 Å². The van der Waals surface area contributed by atoms with Crippen molar-refractivity contribution in [2.24, 2.45) is 5.92 Å². The molecule has 1 aliphatic rings. The molecule has 1 fully saturated rings. The maximum absolute atomic E-state index is 12.5. The molecule has 2 atom stereocenters. The second-order valence-corrected chi connectivity index (χ2v) is 8.40. The van der Waals surface area contributed by atoms with Gasteiger partial charge in [-0.25, -0.2) is 9.59 Å². The minimum Gasteiger partial charge on any atom is -0.462 e. The molecule has 1 aromatic carbocycles. The maximum atomic E-state index is 12.5. The van der Waals surface area contributed by atoms with Crippen molar-refractivity contribution >= 4 is 11.9 Å². The van der Waals surface area contributed by atoms with Gasteiger partial charge in [0, 0.05) is 0 Å². The number of rotatable bonds is 12. The van der Waals surface area contributed by atoms with E-state index in [9.17, 15) is 9.59 Å². The first kappa shape index (κ1) is 23.4. The molecular weight excluding hydrogens is 364 g/mol. The molecule has 0 aliphatic heterocycles. The van der Waals surface area contributed by atoms with Gasteiger partial charge < -0.3 is 9.47 Å². The van der Waals surface area contributed by atoms with E-state index in [1.165, 1.54) is 44.9 Å². The number of carbonyl (C=O) groups is 2. The van der Waals surface area contributed by atoms with Crippen LogP contribution in [0.15, 0.2) is 24.3 Å². The fourth-order valence-electron chi connectivity index (χ4n) is 3.92. The molecule has 1 saturated carbocycles. The van der Waals surface area contributed by atoms with E-state index in [0.717, 1.165) is 32.1 Å². The highest BCUT2D eigenvalue weighted by Crippen LogP contribution is 2.27. The van der Waals surface area contributed by atoms with E-state index in [4.69, 9.17) is 9.47 Å². The van der Waals surface area contributed by atoms with Gasteiger partial charge in [0.1, 0.15) is 6.10 Å². The molecule has 4 nitrogen and oxygen atoms in total. The molecule has 29 heavy (non-hydrogen) atoms. The lowest BCUT2D eigenvalue weighted by atomic mass is 9.88. The Bertz CT molecular complexity index is 625. The third-order valence-electron chi connectivity index (χ3n) is 5.86. The van der Waals surface area contributed by atoms with Crippen LogP contribution in [0.1, 0.15) is 112 Å². The number of unbranched alkanes of at least 4 members (excludes halogenated alkanes) is 7. The van der Waals surface area contributed by atoms with Crippen molar-refractivity contribution in [3.8, 4) is 0 Å². The molecule has 0 radical (unpaired) electrons. The smallest absolute Gasteiger partial charge is 0.338 e. The molecule has 0 bridgehead atoms. The highest BCUT2D eigenvalue weighted by Gasteiger charge is 2.25. The summed E-state index contributed by atoms with van der Waals surface area (Å²) in [6, 6.07) is 6.70. The Balaban J connectivity index is 1.71. The average molecular weight is 403 g/mol. The molecule has 0 amide bonds. The van der Waals surface area contributed by atoms with Gasteiger partial charge in [-0.15, -0.1) is 0 Å². The monoisotopic (exact) mass is 402 g/mol. The van der Waals surface area contributed by atoms with E-state index in [0.29, 0.717) is 23.7 Å². The Kier molecular flexibility index (Phi) is 10.8. The molecular formula is C25H38O4. The quantitative estimate of drug-likeness (QED) is 0.288. The number of hydrogen-bond donors (Lipinski definition) is 0. The number of hydrogen-bond acceptors (Lipinski definition) is 4. The van der Waals surface area contributed by atoms with Crippen molar-refractivity contribution in [1.29, 1.82) is 0 Å². The molecule has 2 unspecified atom stereocenters. The van der Waals surface area contributed by atoms with Crippen molar-refractivity contribution < 1.29 is 19.1 Å². The first-order valence-electron chi connectivity index (χ1n) is 11.6. The zero-order valence-corrected chi connectivity index (χ0v) is 18.3. The molecule has 1 aromatic rings. The van der Waals surface area contributed by atoms with Crippen LogP contribution in [0.25, 0.3) is 0 Å². The largest absolute Gasteiger partial charge is 0.462 e. The molecule has 0 aromatic heterocycles. The zero-order valence-electron chi connectivity index (χ0n) is 18.3. The topological polar surface area (TPSA) is 52.6 Å². The van der Waals surface area contributed by atoms with E-state index in [1.807, 2.05) is 0 Å². The van der Waals surface area contributed by atoms with Gasteiger partial charge in [-0.1, -0.05) is 71.3 Å². The van der Waals surface area contributed by atoms with Gasteiger partial charge in [0.2, 0.25) is 0 Å². The lowest BCUT2D eigenvalue weighted by Gasteiger charge is -2.28. The second kappa shape index (κ2) is 13.4. The Labute approximate surface area is 176 Å². The predicted octanol–water partition coefficient (Wildman–Crippen LogP) is 6.72. The summed E-state index contributed by atoms with van der Waals surface area (Å²) < 4.78 is 11.1. The van der Waals surface area contributed by atoms with E-state index in [2.05, 4.69) is 13.8 Å². The number of esters is 2. The summed E-state index contributed by atoms with van der Waals surface area (Å²) in [7, 11) is 0. The summed E-state index contributed by atoms with van der Waals surface area (Å²) in [6.07, 6.45) is 14.0. The van der Waals surface area contributed by atoms with Crippen LogP contribution in [0.3, 0.4) is 0 Å². The Morgan fingerprint density at radius 2 is 1.52 bits per heavy atom. The SMILES string of the molecule is CCCCCCCCCCOC(=O)c1cccc(C(=O)OC2CCCCC2C)c1. The van der Waals surface area contributed by atoms with Crippen molar-refractivity contribution in [1.82, 2.24) is 0 Å². The van der Waals surface area contributed by atoms with Crippen LogP contribution < -0.4 is 0 Å². The minimum absolute atomic E-state index is 0.0196. The van der Waals surface area contributed by atoms with Crippen molar-refractivity contribution in [3.63, 3.8) is 0 Å². The van der Waals surface area contributed by atoms with Crippen molar-refractivity contribution in [3.05, 3.63) is 35.4 Å². The van der Waals surface area contributed by atoms with Crippen LogP contribution in [0.4, 0.5) is 0 Å². The predicted molar refractivity (Wildman–Crippen MR) is 116 cm³/mol. The zero-order chi connectivity index (χ0) is 20.9. The van der Waals surface area contributed by atoms with E-state index in [-0.39, 0.29) is 18.0 Å². The van der Waals surface area contributed by atoms with Crippen LogP contribution in [0.5, 0.6) is 0 Å². The molecule has 0 heterocycles. The molecule has 1 aliphatic carbocycles. The molecule has 0 saturated heterocycles. The first-order chi connectivity index (χ1) is 14.1. The summed E-state index contributed by atoms with van der Waals surface area (Å²) in [5.74, 6) is -0.317. The van der Waals surface area contributed by atoms with Gasteiger partial charge >= 0.3 is 11.9 Å². The third kappa shape index (κ3) is 8.59. The fourth-order valence-corrected chi connectivity index (χ4v) is 3.92. The third-order valence-corrected chi connectivity index (χ3v) is 5.86. The van der Waals surface area contributed by atoms with Gasteiger partial charge in [0.05, 0.1) is 17.7 Å². The van der Waals surface area contributed by atoms with Gasteiger partial charge in [0.25, 0.3) is 0 Å². The van der Waals surface area contributed by atoms with Gasteiger partial charge in [-0.2, -0.15) is 0 Å². The minimum atomic E-state index is -0.367. The van der Waals surface area contributed by atoms with Crippen LogP contribution in [-0.4, -0.2) is 24.6 Å². The molecule has 0 spiro atoms. The number of benzene rings is 1. The highest BCUT2D eigenvalue weighted by atomic mass is 16.5. The maximum Gasteiger partial charge on any atom is 0.338 e. The van der Waals surface area contributed by atoms with Gasteiger partial charge in [-0.05, 0) is 49.8 Å². The summed E-state index contributed by atoms with van der Waals surface area (Å²) in [5.41, 5.74) is 0.833. The fraction of sp³-hybridized carbons (Fsp3) is 0.680. The summed E-state index contributed by atoms with van der Waals surface area (Å²) in [4.78, 5) is 24.8. The van der Waals surface area contributed by atoms with Gasteiger partial charge in [0.15, 0.2) is 0 Å². The number of ether oxygens (including phenoxy) is 2. The molecule has 2 rings (SSSR count). The van der Waals surface area contributed by atoms with Crippen LogP contribution in [0.2, 0.25) is 0 Å². The Morgan fingerprint density at radius 3 is 2.21 bits per heavy atom. The van der Waals surface area contributed by atoms with Crippen LogP contribution in [-0.2, 0) is 9.47 Å². The van der Waals surface area contributed by atoms with E-state index >= 15 is 0 Å². The average Bonchev–Trinajstić information content (AvgIpc) is 2.74. The lowest BCUT2D eigenvalue weighted by Crippen LogP contribution is -2.28. The number of carbonyl (C=O) groups excluding carboxylic acids is 2. The summed E-state index contributed by atoms with van der Waals surface area (Å²) in [5, 5.41) is 0. The first-order valence-corrected chi connectivity index (χ1v) is 11.6. The standard InChI is InChI=1S/C25H38O4/c1-3-4-5-6-7-8-9-12-18-28-24(26)21-15-13-16-22(19-21)25(27)29-23-17-11-10-14-20(23)2/h13,15-16,19-20,23H,3-12,14,17-18H2,1-2H3. The van der Waals surface area contributed by atoms with Gasteiger partial charge in [-0.3, -0.25) is 0 Å². The Morgan fingerprint density at radius 1 is 0.897 bits per heavy atom. The normalized spacial score (nSPS) is 19.0. The van der Waals surface area contributed by atoms with E-state index in [1.54, 1.807) is 24.3 Å².